The Morgan fingerprint density at radius 2 is 0.554 bits per heavy atom. The van der Waals surface area contributed by atoms with Crippen LogP contribution in [0, 0.1) is 0 Å². The lowest BCUT2D eigenvalue weighted by molar-refractivity contribution is -0.167. The Kier molecular flexibility index (Phi) is 52.3. The van der Waals surface area contributed by atoms with Crippen LogP contribution in [0.2, 0.25) is 0 Å². The summed E-state index contributed by atoms with van der Waals surface area (Å²) in [6.07, 6.45) is 64.3. The van der Waals surface area contributed by atoms with E-state index in [1.165, 1.54) is 193 Å². The highest BCUT2D eigenvalue weighted by Gasteiger charge is 2.19. The largest absolute Gasteiger partial charge is 0.462 e. The molecule has 0 radical (unpaired) electrons. The van der Waals surface area contributed by atoms with Crippen LogP contribution in [0.15, 0.2) is 36.5 Å². The van der Waals surface area contributed by atoms with Crippen LogP contribution in [0.25, 0.3) is 0 Å². The molecular formula is C59H108O6. The van der Waals surface area contributed by atoms with Crippen LogP contribution in [0.3, 0.4) is 0 Å². The number of allylic oxidation sites excluding steroid dienone is 6. The van der Waals surface area contributed by atoms with Crippen molar-refractivity contribution in [1.29, 1.82) is 0 Å². The first-order valence-electron chi connectivity index (χ1n) is 28.5. The van der Waals surface area contributed by atoms with Crippen molar-refractivity contribution in [3.05, 3.63) is 36.5 Å². The number of unbranched alkanes of at least 4 members (excludes halogenated alkanes) is 35. The molecule has 0 fully saturated rings. The quantitative estimate of drug-likeness (QED) is 0.0262. The third kappa shape index (κ3) is 52.5. The van der Waals surface area contributed by atoms with E-state index in [1.54, 1.807) is 0 Å². The molecule has 0 aliphatic rings. The predicted octanol–water partition coefficient (Wildman–Crippen LogP) is 18.9. The highest BCUT2D eigenvalue weighted by Crippen LogP contribution is 2.16. The van der Waals surface area contributed by atoms with Crippen LogP contribution >= 0.6 is 0 Å². The first-order chi connectivity index (χ1) is 32.0. The summed E-state index contributed by atoms with van der Waals surface area (Å²) >= 11 is 0. The van der Waals surface area contributed by atoms with Gasteiger partial charge in [-0.05, 0) is 77.0 Å². The topological polar surface area (TPSA) is 78.9 Å². The van der Waals surface area contributed by atoms with E-state index in [4.69, 9.17) is 14.2 Å². The number of hydrogen-bond acceptors (Lipinski definition) is 6. The molecule has 0 aliphatic carbocycles. The average molecular weight is 914 g/mol. The van der Waals surface area contributed by atoms with Crippen LogP contribution in [0.4, 0.5) is 0 Å². The first-order valence-corrected chi connectivity index (χ1v) is 28.5. The molecule has 0 aliphatic heterocycles. The molecule has 1 atom stereocenters. The van der Waals surface area contributed by atoms with Gasteiger partial charge < -0.3 is 14.2 Å². The Morgan fingerprint density at radius 3 is 0.892 bits per heavy atom. The summed E-state index contributed by atoms with van der Waals surface area (Å²) in [5.41, 5.74) is 0. The minimum absolute atomic E-state index is 0.0722. The van der Waals surface area contributed by atoms with Crippen LogP contribution in [-0.4, -0.2) is 37.2 Å². The minimum Gasteiger partial charge on any atom is -0.462 e. The normalized spacial score (nSPS) is 12.2. The summed E-state index contributed by atoms with van der Waals surface area (Å²) < 4.78 is 16.8. The van der Waals surface area contributed by atoms with Gasteiger partial charge in [-0.25, -0.2) is 0 Å². The highest BCUT2D eigenvalue weighted by molar-refractivity contribution is 5.71. The van der Waals surface area contributed by atoms with Crippen LogP contribution in [0.1, 0.15) is 303 Å². The maximum atomic E-state index is 12.8. The van der Waals surface area contributed by atoms with Crippen molar-refractivity contribution in [1.82, 2.24) is 0 Å². The van der Waals surface area contributed by atoms with Gasteiger partial charge in [-0.3, -0.25) is 14.4 Å². The van der Waals surface area contributed by atoms with Gasteiger partial charge in [-0.15, -0.1) is 0 Å². The zero-order valence-electron chi connectivity index (χ0n) is 43.5. The second kappa shape index (κ2) is 54.2. The van der Waals surface area contributed by atoms with E-state index >= 15 is 0 Å². The molecule has 0 amide bonds. The predicted molar refractivity (Wildman–Crippen MR) is 279 cm³/mol. The van der Waals surface area contributed by atoms with Gasteiger partial charge in [0, 0.05) is 19.3 Å². The number of esters is 3. The monoisotopic (exact) mass is 913 g/mol. The molecule has 0 bridgehead atoms. The van der Waals surface area contributed by atoms with Gasteiger partial charge in [0.2, 0.25) is 0 Å². The van der Waals surface area contributed by atoms with Crippen molar-refractivity contribution in [3.63, 3.8) is 0 Å². The van der Waals surface area contributed by atoms with Crippen LogP contribution in [0.5, 0.6) is 0 Å². The Morgan fingerprint density at radius 1 is 0.308 bits per heavy atom. The van der Waals surface area contributed by atoms with E-state index in [0.29, 0.717) is 19.3 Å². The van der Waals surface area contributed by atoms with Crippen molar-refractivity contribution in [2.24, 2.45) is 0 Å². The maximum absolute atomic E-state index is 12.8. The molecule has 0 N–H and O–H groups in total. The smallest absolute Gasteiger partial charge is 0.306 e. The standard InChI is InChI=1S/C59H108O6/c1-4-7-10-13-16-19-22-24-25-26-27-28-29-30-31-32-33-34-35-36-38-40-43-46-49-52-58(61)64-55-56(54-63-57(60)51-48-45-42-39-21-18-15-12-9-6-3)65-59(62)53-50-47-44-41-37-23-20-17-14-11-8-5-2/h17,20,22,24,26-27,56H,4-16,18-19,21,23,25,28-55H2,1-3H3/b20-17-,24-22-,27-26-. The molecule has 65 heavy (non-hydrogen) atoms. The fraction of sp³-hybridized carbons (Fsp3) is 0.847. The second-order valence-corrected chi connectivity index (χ2v) is 19.2. The molecule has 0 aromatic heterocycles. The molecule has 1 unspecified atom stereocenters. The number of carbonyl (C=O) groups excluding carboxylic acids is 3. The minimum atomic E-state index is -0.772. The van der Waals surface area contributed by atoms with Crippen LogP contribution in [-0.2, 0) is 28.6 Å². The van der Waals surface area contributed by atoms with Crippen molar-refractivity contribution in [2.45, 2.75) is 309 Å². The van der Waals surface area contributed by atoms with Crippen LogP contribution < -0.4 is 0 Å². The third-order valence-corrected chi connectivity index (χ3v) is 12.6. The van der Waals surface area contributed by atoms with E-state index in [9.17, 15) is 14.4 Å². The number of rotatable bonds is 52. The van der Waals surface area contributed by atoms with Gasteiger partial charge in [0.15, 0.2) is 6.10 Å². The molecule has 0 rings (SSSR count). The average Bonchev–Trinajstić information content (AvgIpc) is 3.30. The summed E-state index contributed by atoms with van der Waals surface area (Å²) in [4.78, 5) is 38.0. The molecular weight excluding hydrogens is 805 g/mol. The Bertz CT molecular complexity index is 1090. The number of carbonyl (C=O) groups is 3. The molecule has 0 aromatic rings. The lowest BCUT2D eigenvalue weighted by Crippen LogP contribution is -2.30. The Labute approximate surface area is 404 Å². The van der Waals surface area contributed by atoms with E-state index in [1.807, 2.05) is 0 Å². The van der Waals surface area contributed by atoms with Crippen molar-refractivity contribution in [3.8, 4) is 0 Å². The highest BCUT2D eigenvalue weighted by atomic mass is 16.6. The molecule has 380 valence electrons. The number of ether oxygens (including phenoxy) is 3. The lowest BCUT2D eigenvalue weighted by Gasteiger charge is -2.18. The van der Waals surface area contributed by atoms with Crippen molar-refractivity contribution in [2.75, 3.05) is 13.2 Å². The van der Waals surface area contributed by atoms with E-state index < -0.39 is 6.10 Å². The maximum Gasteiger partial charge on any atom is 0.306 e. The van der Waals surface area contributed by atoms with Gasteiger partial charge in [0.1, 0.15) is 13.2 Å². The summed E-state index contributed by atoms with van der Waals surface area (Å²) in [5, 5.41) is 0. The molecule has 6 heteroatoms. The van der Waals surface area contributed by atoms with Crippen molar-refractivity contribution < 1.29 is 28.6 Å². The fourth-order valence-corrected chi connectivity index (χ4v) is 8.29. The van der Waals surface area contributed by atoms with E-state index in [2.05, 4.69) is 57.2 Å². The van der Waals surface area contributed by atoms with Gasteiger partial charge in [0.25, 0.3) is 0 Å². The zero-order chi connectivity index (χ0) is 47.2. The van der Waals surface area contributed by atoms with Gasteiger partial charge in [0.05, 0.1) is 0 Å². The van der Waals surface area contributed by atoms with Gasteiger partial charge in [-0.2, -0.15) is 0 Å². The Hall–Kier alpha value is -2.37. The summed E-state index contributed by atoms with van der Waals surface area (Å²) in [6, 6.07) is 0. The molecule has 6 nitrogen and oxygen atoms in total. The number of hydrogen-bond donors (Lipinski definition) is 0. The SMILES string of the molecule is CCCCC/C=C\CCCCCCCC(=O)OC(COC(=O)CCCCCCCCCCCC)COC(=O)CCCCCCCCCCCCCCC/C=C\C/C=C\CCCCCCC. The Balaban J connectivity index is 4.16. The molecule has 0 saturated carbocycles. The lowest BCUT2D eigenvalue weighted by atomic mass is 10.0. The van der Waals surface area contributed by atoms with E-state index in [0.717, 1.165) is 70.6 Å². The third-order valence-electron chi connectivity index (χ3n) is 12.6. The molecule has 0 spiro atoms. The molecule has 0 heterocycles. The first kappa shape index (κ1) is 62.6. The summed E-state index contributed by atoms with van der Waals surface area (Å²) in [6.45, 7) is 6.61. The van der Waals surface area contributed by atoms with Crippen molar-refractivity contribution >= 4 is 17.9 Å². The second-order valence-electron chi connectivity index (χ2n) is 19.2. The zero-order valence-corrected chi connectivity index (χ0v) is 43.5. The van der Waals surface area contributed by atoms with Gasteiger partial charge in [-0.1, -0.05) is 243 Å². The molecule has 0 saturated heterocycles. The molecule has 0 aromatic carbocycles. The van der Waals surface area contributed by atoms with E-state index in [-0.39, 0.29) is 31.1 Å². The summed E-state index contributed by atoms with van der Waals surface area (Å²) in [5.74, 6) is -0.871. The fourth-order valence-electron chi connectivity index (χ4n) is 8.29. The van der Waals surface area contributed by atoms with Gasteiger partial charge >= 0.3 is 17.9 Å². The summed E-state index contributed by atoms with van der Waals surface area (Å²) in [7, 11) is 0.